The molecular formula is C17H28N2O2. The van der Waals surface area contributed by atoms with Crippen LogP contribution in [0.15, 0.2) is 0 Å². The van der Waals surface area contributed by atoms with Gasteiger partial charge in [-0.2, -0.15) is 0 Å². The quantitative estimate of drug-likeness (QED) is 0.868. The van der Waals surface area contributed by atoms with Gasteiger partial charge in [0.25, 0.3) is 0 Å². The van der Waals surface area contributed by atoms with Crippen molar-refractivity contribution in [1.29, 1.82) is 0 Å². The summed E-state index contributed by atoms with van der Waals surface area (Å²) in [6.07, 6.45) is 7.37. The molecule has 4 nitrogen and oxygen atoms in total. The summed E-state index contributed by atoms with van der Waals surface area (Å²) in [7, 11) is 0. The molecule has 2 aliphatic carbocycles. The molecule has 0 aromatic heterocycles. The van der Waals surface area contributed by atoms with E-state index < -0.39 is 5.54 Å². The minimum atomic E-state index is -0.649. The lowest BCUT2D eigenvalue weighted by Gasteiger charge is -2.49. The van der Waals surface area contributed by atoms with Gasteiger partial charge in [-0.25, -0.2) is 0 Å². The normalized spacial score (nSPS) is 41.1. The molecule has 0 aromatic carbocycles. The highest BCUT2D eigenvalue weighted by molar-refractivity contribution is 6.00. The fraction of sp³-hybridized carbons (Fsp3) is 0.882. The molecule has 118 valence electrons. The number of nitrogens with one attached hydrogen (secondary N) is 1. The number of piperazine rings is 1. The van der Waals surface area contributed by atoms with Crippen molar-refractivity contribution in [2.45, 2.75) is 83.3 Å². The fourth-order valence-electron chi connectivity index (χ4n) is 4.32. The second kappa shape index (κ2) is 5.29. The van der Waals surface area contributed by atoms with Crippen LogP contribution in [0.3, 0.4) is 0 Å². The molecule has 3 fully saturated rings. The van der Waals surface area contributed by atoms with E-state index in [0.29, 0.717) is 18.3 Å². The molecule has 1 saturated heterocycles. The Morgan fingerprint density at radius 1 is 1.24 bits per heavy atom. The Balaban J connectivity index is 1.89. The summed E-state index contributed by atoms with van der Waals surface area (Å²) in [5.74, 6) is 1.24. The zero-order valence-corrected chi connectivity index (χ0v) is 13.5. The third-order valence-electron chi connectivity index (χ3n) is 5.78. The van der Waals surface area contributed by atoms with Gasteiger partial charge in [-0.3, -0.25) is 9.59 Å². The van der Waals surface area contributed by atoms with Gasteiger partial charge in [0.05, 0.1) is 0 Å². The van der Waals surface area contributed by atoms with Crippen molar-refractivity contribution in [3.63, 3.8) is 0 Å². The number of hydrogen-bond donors (Lipinski definition) is 1. The minimum absolute atomic E-state index is 0.0599. The first-order valence-corrected chi connectivity index (χ1v) is 8.62. The van der Waals surface area contributed by atoms with E-state index in [1.807, 2.05) is 18.7 Å². The maximum Gasteiger partial charge on any atom is 0.249 e. The third-order valence-corrected chi connectivity index (χ3v) is 5.78. The average Bonchev–Trinajstić information content (AvgIpc) is 3.27. The molecule has 0 aromatic rings. The van der Waals surface area contributed by atoms with Crippen LogP contribution in [0.4, 0.5) is 0 Å². The molecule has 4 unspecified atom stereocenters. The van der Waals surface area contributed by atoms with Crippen LogP contribution < -0.4 is 5.32 Å². The van der Waals surface area contributed by atoms with Crippen LogP contribution in [-0.2, 0) is 9.59 Å². The number of amides is 2. The predicted octanol–water partition coefficient (Wildman–Crippen LogP) is 2.47. The van der Waals surface area contributed by atoms with Crippen LogP contribution >= 0.6 is 0 Å². The van der Waals surface area contributed by atoms with E-state index in [1.54, 1.807) is 0 Å². The van der Waals surface area contributed by atoms with E-state index >= 15 is 0 Å². The summed E-state index contributed by atoms with van der Waals surface area (Å²) < 4.78 is 0. The van der Waals surface area contributed by atoms with Crippen molar-refractivity contribution < 1.29 is 9.59 Å². The largest absolute Gasteiger partial charge is 0.340 e. The smallest absolute Gasteiger partial charge is 0.249 e. The number of carbonyl (C=O) groups excluding carboxylic acids is 2. The van der Waals surface area contributed by atoms with Crippen molar-refractivity contribution >= 4 is 11.8 Å². The monoisotopic (exact) mass is 292 g/mol. The maximum absolute atomic E-state index is 13.2. The first-order chi connectivity index (χ1) is 9.97. The van der Waals surface area contributed by atoms with Crippen molar-refractivity contribution in [3.8, 4) is 0 Å². The van der Waals surface area contributed by atoms with E-state index in [9.17, 15) is 9.59 Å². The predicted molar refractivity (Wildman–Crippen MR) is 81.6 cm³/mol. The van der Waals surface area contributed by atoms with Crippen molar-refractivity contribution in [1.82, 2.24) is 10.2 Å². The standard InChI is InChI=1S/C17H28N2O2/c1-4-14-15(20)18-17(3,12-8-9-12)16(21)19(14)13-7-5-6-11(2)10-13/h11-14H,4-10H2,1-3H3,(H,18,20). The molecule has 3 aliphatic rings. The second-order valence-electron chi connectivity index (χ2n) is 7.53. The number of rotatable bonds is 3. The molecule has 0 spiro atoms. The van der Waals surface area contributed by atoms with E-state index in [-0.39, 0.29) is 23.9 Å². The molecule has 4 heteroatoms. The molecule has 0 bridgehead atoms. The Hall–Kier alpha value is -1.06. The van der Waals surface area contributed by atoms with Gasteiger partial charge in [0.2, 0.25) is 11.8 Å². The number of nitrogens with zero attached hydrogens (tertiary/aromatic N) is 1. The molecule has 2 amide bonds. The Morgan fingerprint density at radius 2 is 1.95 bits per heavy atom. The zero-order chi connectivity index (χ0) is 15.2. The lowest BCUT2D eigenvalue weighted by atomic mass is 9.82. The van der Waals surface area contributed by atoms with E-state index in [4.69, 9.17) is 0 Å². The van der Waals surface area contributed by atoms with Gasteiger partial charge in [0.15, 0.2) is 0 Å². The summed E-state index contributed by atoms with van der Waals surface area (Å²) in [5, 5.41) is 3.06. The van der Waals surface area contributed by atoms with Crippen molar-refractivity contribution in [3.05, 3.63) is 0 Å². The van der Waals surface area contributed by atoms with Crippen molar-refractivity contribution in [2.24, 2.45) is 11.8 Å². The van der Waals surface area contributed by atoms with Gasteiger partial charge in [0, 0.05) is 6.04 Å². The van der Waals surface area contributed by atoms with E-state index in [1.165, 1.54) is 12.8 Å². The van der Waals surface area contributed by atoms with Gasteiger partial charge >= 0.3 is 0 Å². The molecule has 1 heterocycles. The Bertz CT molecular complexity index is 446. The minimum Gasteiger partial charge on any atom is -0.340 e. The third kappa shape index (κ3) is 2.47. The van der Waals surface area contributed by atoms with Crippen LogP contribution in [0.5, 0.6) is 0 Å². The van der Waals surface area contributed by atoms with Gasteiger partial charge in [-0.1, -0.05) is 26.7 Å². The molecular weight excluding hydrogens is 264 g/mol. The lowest BCUT2D eigenvalue weighted by Crippen LogP contribution is -2.72. The van der Waals surface area contributed by atoms with Gasteiger partial charge in [0.1, 0.15) is 11.6 Å². The second-order valence-corrected chi connectivity index (χ2v) is 7.53. The molecule has 4 atom stereocenters. The topological polar surface area (TPSA) is 49.4 Å². The molecule has 1 N–H and O–H groups in total. The van der Waals surface area contributed by atoms with Crippen molar-refractivity contribution in [2.75, 3.05) is 0 Å². The zero-order valence-electron chi connectivity index (χ0n) is 13.5. The SMILES string of the molecule is CCC1C(=O)NC(C)(C2CC2)C(=O)N1C1CCCC(C)C1. The summed E-state index contributed by atoms with van der Waals surface area (Å²) in [6, 6.07) is -0.00468. The molecule has 1 aliphatic heterocycles. The summed E-state index contributed by atoms with van der Waals surface area (Å²) in [5.41, 5.74) is -0.649. The van der Waals surface area contributed by atoms with Gasteiger partial charge in [-0.15, -0.1) is 0 Å². The molecule has 21 heavy (non-hydrogen) atoms. The molecule has 3 rings (SSSR count). The van der Waals surface area contributed by atoms with Gasteiger partial charge < -0.3 is 10.2 Å². The Morgan fingerprint density at radius 3 is 2.52 bits per heavy atom. The summed E-state index contributed by atoms with van der Waals surface area (Å²) in [6.45, 7) is 6.22. The Kier molecular flexibility index (Phi) is 3.74. The first kappa shape index (κ1) is 14.9. The Labute approximate surface area is 127 Å². The highest BCUT2D eigenvalue weighted by Crippen LogP contribution is 2.43. The van der Waals surface area contributed by atoms with Crippen LogP contribution in [0.2, 0.25) is 0 Å². The number of hydrogen-bond acceptors (Lipinski definition) is 2. The average molecular weight is 292 g/mol. The molecule has 0 radical (unpaired) electrons. The summed E-state index contributed by atoms with van der Waals surface area (Å²) in [4.78, 5) is 27.7. The maximum atomic E-state index is 13.2. The van der Waals surface area contributed by atoms with Crippen LogP contribution in [0.25, 0.3) is 0 Å². The van der Waals surface area contributed by atoms with E-state index in [0.717, 1.165) is 25.7 Å². The molecule has 2 saturated carbocycles. The van der Waals surface area contributed by atoms with Crippen LogP contribution in [0, 0.1) is 11.8 Å². The van der Waals surface area contributed by atoms with Crippen LogP contribution in [0.1, 0.15) is 65.7 Å². The van der Waals surface area contributed by atoms with Crippen LogP contribution in [-0.4, -0.2) is 34.3 Å². The lowest BCUT2D eigenvalue weighted by molar-refractivity contribution is -0.159. The first-order valence-electron chi connectivity index (χ1n) is 8.62. The van der Waals surface area contributed by atoms with Gasteiger partial charge in [-0.05, 0) is 50.9 Å². The highest BCUT2D eigenvalue weighted by Gasteiger charge is 2.56. The fourth-order valence-corrected chi connectivity index (χ4v) is 4.32. The highest BCUT2D eigenvalue weighted by atomic mass is 16.2. The van der Waals surface area contributed by atoms with E-state index in [2.05, 4.69) is 12.2 Å². The summed E-state index contributed by atoms with van der Waals surface area (Å²) >= 11 is 0. The number of carbonyl (C=O) groups is 2.